The standard InChI is InChI=1S/C12H21N3O/c1-4-15-12(11(16-3)8-14-15)10-5-6-13-9(2)7-10/h8-10,13H,4-7H2,1-3H3. The summed E-state index contributed by atoms with van der Waals surface area (Å²) in [5, 5.41) is 7.86. The molecular formula is C12H21N3O. The highest BCUT2D eigenvalue weighted by Gasteiger charge is 2.26. The number of aromatic nitrogens is 2. The Morgan fingerprint density at radius 2 is 2.44 bits per heavy atom. The maximum absolute atomic E-state index is 5.41. The zero-order valence-electron chi connectivity index (χ0n) is 10.4. The molecule has 1 aliphatic rings. The zero-order chi connectivity index (χ0) is 11.5. The second-order valence-electron chi connectivity index (χ2n) is 4.49. The Morgan fingerprint density at radius 1 is 1.62 bits per heavy atom. The SMILES string of the molecule is CCn1ncc(OC)c1C1CCNC(C)C1. The molecule has 2 heterocycles. The molecule has 0 aliphatic carbocycles. The van der Waals surface area contributed by atoms with Gasteiger partial charge >= 0.3 is 0 Å². The van der Waals surface area contributed by atoms with Crippen molar-refractivity contribution in [1.82, 2.24) is 15.1 Å². The van der Waals surface area contributed by atoms with Gasteiger partial charge in [-0.25, -0.2) is 0 Å². The minimum absolute atomic E-state index is 0.577. The molecule has 0 bridgehead atoms. The molecule has 1 N–H and O–H groups in total. The van der Waals surface area contributed by atoms with Crippen molar-refractivity contribution in [2.75, 3.05) is 13.7 Å². The van der Waals surface area contributed by atoms with E-state index in [9.17, 15) is 0 Å². The fourth-order valence-electron chi connectivity index (χ4n) is 2.58. The molecule has 4 heteroatoms. The monoisotopic (exact) mass is 223 g/mol. The van der Waals surface area contributed by atoms with Crippen LogP contribution in [0.5, 0.6) is 5.75 Å². The van der Waals surface area contributed by atoms with Crippen LogP contribution in [0, 0.1) is 0 Å². The van der Waals surface area contributed by atoms with Crippen LogP contribution in [0.1, 0.15) is 38.3 Å². The molecular weight excluding hydrogens is 202 g/mol. The Morgan fingerprint density at radius 3 is 3.06 bits per heavy atom. The van der Waals surface area contributed by atoms with Gasteiger partial charge in [0, 0.05) is 18.5 Å². The predicted octanol–water partition coefficient (Wildman–Crippen LogP) is 1.77. The molecule has 0 amide bonds. The van der Waals surface area contributed by atoms with Gasteiger partial charge in [-0.3, -0.25) is 4.68 Å². The molecule has 0 aromatic carbocycles. The van der Waals surface area contributed by atoms with Crippen molar-refractivity contribution in [1.29, 1.82) is 0 Å². The molecule has 16 heavy (non-hydrogen) atoms. The number of hydrogen-bond donors (Lipinski definition) is 1. The Balaban J connectivity index is 2.26. The molecule has 0 spiro atoms. The van der Waals surface area contributed by atoms with Crippen LogP contribution in [0.2, 0.25) is 0 Å². The molecule has 0 radical (unpaired) electrons. The smallest absolute Gasteiger partial charge is 0.160 e. The van der Waals surface area contributed by atoms with Crippen molar-refractivity contribution in [3.8, 4) is 5.75 Å². The maximum Gasteiger partial charge on any atom is 0.160 e. The first-order chi connectivity index (χ1) is 7.76. The van der Waals surface area contributed by atoms with Crippen molar-refractivity contribution in [2.45, 2.75) is 45.2 Å². The van der Waals surface area contributed by atoms with E-state index in [2.05, 4.69) is 28.9 Å². The summed E-state index contributed by atoms with van der Waals surface area (Å²) in [6.45, 7) is 6.37. The van der Waals surface area contributed by atoms with Crippen LogP contribution < -0.4 is 10.1 Å². The van der Waals surface area contributed by atoms with Gasteiger partial charge in [0.15, 0.2) is 5.75 Å². The number of hydrogen-bond acceptors (Lipinski definition) is 3. The van der Waals surface area contributed by atoms with E-state index >= 15 is 0 Å². The molecule has 1 saturated heterocycles. The van der Waals surface area contributed by atoms with E-state index in [-0.39, 0.29) is 0 Å². The molecule has 0 saturated carbocycles. The van der Waals surface area contributed by atoms with Crippen LogP contribution in [0.3, 0.4) is 0 Å². The van der Waals surface area contributed by atoms with E-state index < -0.39 is 0 Å². The molecule has 90 valence electrons. The molecule has 4 nitrogen and oxygen atoms in total. The largest absolute Gasteiger partial charge is 0.493 e. The number of piperidine rings is 1. The van der Waals surface area contributed by atoms with E-state index in [1.54, 1.807) is 7.11 Å². The van der Waals surface area contributed by atoms with Gasteiger partial charge in [0.05, 0.1) is 19.0 Å². The molecule has 2 unspecified atom stereocenters. The van der Waals surface area contributed by atoms with Crippen LogP contribution in [-0.4, -0.2) is 29.5 Å². The molecule has 1 fully saturated rings. The number of methoxy groups -OCH3 is 1. The minimum Gasteiger partial charge on any atom is -0.493 e. The lowest BCUT2D eigenvalue weighted by Crippen LogP contribution is -2.35. The highest BCUT2D eigenvalue weighted by Crippen LogP contribution is 2.33. The summed E-state index contributed by atoms with van der Waals surface area (Å²) in [6.07, 6.45) is 4.18. The van der Waals surface area contributed by atoms with Crippen molar-refractivity contribution >= 4 is 0 Å². The van der Waals surface area contributed by atoms with E-state index in [0.717, 1.165) is 18.8 Å². The Labute approximate surface area is 97.0 Å². The highest BCUT2D eigenvalue weighted by molar-refractivity contribution is 5.29. The molecule has 2 atom stereocenters. The van der Waals surface area contributed by atoms with Crippen molar-refractivity contribution < 1.29 is 4.74 Å². The first-order valence-electron chi connectivity index (χ1n) is 6.09. The fraction of sp³-hybridized carbons (Fsp3) is 0.750. The molecule has 2 rings (SSSR count). The summed E-state index contributed by atoms with van der Waals surface area (Å²) >= 11 is 0. The lowest BCUT2D eigenvalue weighted by atomic mass is 9.90. The molecule has 1 aromatic heterocycles. The summed E-state index contributed by atoms with van der Waals surface area (Å²) in [5.74, 6) is 1.52. The quantitative estimate of drug-likeness (QED) is 0.848. The van der Waals surface area contributed by atoms with Crippen LogP contribution in [0.4, 0.5) is 0 Å². The van der Waals surface area contributed by atoms with Gasteiger partial charge in [-0.05, 0) is 33.2 Å². The molecule has 1 aromatic rings. The summed E-state index contributed by atoms with van der Waals surface area (Å²) in [6, 6.07) is 0.587. The van der Waals surface area contributed by atoms with Crippen LogP contribution in [0.15, 0.2) is 6.20 Å². The maximum atomic E-state index is 5.41. The van der Waals surface area contributed by atoms with Gasteiger partial charge < -0.3 is 10.1 Å². The van der Waals surface area contributed by atoms with E-state index in [1.807, 2.05) is 6.20 Å². The third-order valence-corrected chi connectivity index (χ3v) is 3.37. The second kappa shape index (κ2) is 4.87. The number of rotatable bonds is 3. The lowest BCUT2D eigenvalue weighted by Gasteiger charge is -2.28. The number of nitrogens with one attached hydrogen (secondary N) is 1. The fourth-order valence-corrected chi connectivity index (χ4v) is 2.58. The van der Waals surface area contributed by atoms with Crippen LogP contribution in [-0.2, 0) is 6.54 Å². The van der Waals surface area contributed by atoms with Crippen molar-refractivity contribution in [3.05, 3.63) is 11.9 Å². The van der Waals surface area contributed by atoms with Gasteiger partial charge in [0.2, 0.25) is 0 Å². The summed E-state index contributed by atoms with van der Waals surface area (Å²) < 4.78 is 7.48. The first-order valence-corrected chi connectivity index (χ1v) is 6.09. The third-order valence-electron chi connectivity index (χ3n) is 3.37. The molecule has 1 aliphatic heterocycles. The highest BCUT2D eigenvalue weighted by atomic mass is 16.5. The predicted molar refractivity (Wildman–Crippen MR) is 63.9 cm³/mol. The summed E-state index contributed by atoms with van der Waals surface area (Å²) in [5.41, 5.74) is 1.28. The van der Waals surface area contributed by atoms with Crippen molar-refractivity contribution in [2.24, 2.45) is 0 Å². The van der Waals surface area contributed by atoms with E-state index in [0.29, 0.717) is 12.0 Å². The summed E-state index contributed by atoms with van der Waals surface area (Å²) in [7, 11) is 1.73. The van der Waals surface area contributed by atoms with Gasteiger partial charge in [-0.15, -0.1) is 0 Å². The average Bonchev–Trinajstić information content (AvgIpc) is 2.71. The van der Waals surface area contributed by atoms with Crippen LogP contribution >= 0.6 is 0 Å². The number of aryl methyl sites for hydroxylation is 1. The topological polar surface area (TPSA) is 39.1 Å². The first kappa shape index (κ1) is 11.5. The van der Waals surface area contributed by atoms with Gasteiger partial charge in [-0.2, -0.15) is 5.10 Å². The van der Waals surface area contributed by atoms with E-state index in [4.69, 9.17) is 4.74 Å². The lowest BCUT2D eigenvalue weighted by molar-refractivity contribution is 0.347. The number of nitrogens with zero attached hydrogens (tertiary/aromatic N) is 2. The minimum atomic E-state index is 0.577. The van der Waals surface area contributed by atoms with Gasteiger partial charge in [0.1, 0.15) is 0 Å². The Kier molecular flexibility index (Phi) is 3.49. The number of ether oxygens (including phenoxy) is 1. The average molecular weight is 223 g/mol. The Bertz CT molecular complexity index is 327. The summed E-state index contributed by atoms with van der Waals surface area (Å²) in [4.78, 5) is 0. The normalized spacial score (nSPS) is 25.7. The second-order valence-corrected chi connectivity index (χ2v) is 4.49. The zero-order valence-corrected chi connectivity index (χ0v) is 10.4. The van der Waals surface area contributed by atoms with Crippen molar-refractivity contribution in [3.63, 3.8) is 0 Å². The van der Waals surface area contributed by atoms with Gasteiger partial charge in [-0.1, -0.05) is 0 Å². The van der Waals surface area contributed by atoms with E-state index in [1.165, 1.54) is 18.5 Å². The van der Waals surface area contributed by atoms with Crippen LogP contribution in [0.25, 0.3) is 0 Å². The Hall–Kier alpha value is -1.03. The third kappa shape index (κ3) is 2.07. The van der Waals surface area contributed by atoms with Gasteiger partial charge in [0.25, 0.3) is 0 Å².